The highest BCUT2D eigenvalue weighted by atomic mass is 19.1. The second kappa shape index (κ2) is 8.84. The molecule has 0 aliphatic carbocycles. The van der Waals surface area contributed by atoms with E-state index in [1.807, 2.05) is 6.07 Å². The van der Waals surface area contributed by atoms with Gasteiger partial charge in [-0.2, -0.15) is 0 Å². The summed E-state index contributed by atoms with van der Waals surface area (Å²) in [6.07, 6.45) is 9.18. The molecule has 1 heterocycles. The lowest BCUT2D eigenvalue weighted by Crippen LogP contribution is -2.40. The summed E-state index contributed by atoms with van der Waals surface area (Å²) in [7, 11) is 1.69. The van der Waals surface area contributed by atoms with E-state index in [0.29, 0.717) is 6.04 Å². The van der Waals surface area contributed by atoms with Crippen LogP contribution in [0.5, 0.6) is 5.75 Å². The first-order valence-corrected chi connectivity index (χ1v) is 8.70. The quantitative estimate of drug-likeness (QED) is 0.674. The van der Waals surface area contributed by atoms with Crippen LogP contribution in [0.25, 0.3) is 0 Å². The zero-order valence-electron chi connectivity index (χ0n) is 14.9. The minimum Gasteiger partial charge on any atom is -0.497 e. The maximum atomic E-state index is 13.4. The molecule has 0 bridgehead atoms. The van der Waals surface area contributed by atoms with Gasteiger partial charge in [-0.3, -0.25) is 0 Å². The smallest absolute Gasteiger partial charge is 0.119 e. The summed E-state index contributed by atoms with van der Waals surface area (Å²) in [5.74, 6) is 0.634. The van der Waals surface area contributed by atoms with Crippen LogP contribution in [0.2, 0.25) is 0 Å². The molecule has 0 radical (unpaired) electrons. The number of nitrogens with one attached hydrogen (secondary N) is 1. The Kier molecular flexibility index (Phi) is 6.80. The maximum absolute atomic E-state index is 13.4. The van der Waals surface area contributed by atoms with Gasteiger partial charge in [-0.15, -0.1) is 0 Å². The van der Waals surface area contributed by atoms with Gasteiger partial charge in [-0.25, -0.2) is 4.39 Å². The van der Waals surface area contributed by atoms with Gasteiger partial charge in [0.05, 0.1) is 13.2 Å². The number of hydrogen-bond acceptors (Lipinski definition) is 2. The molecule has 0 saturated heterocycles. The second-order valence-corrected chi connectivity index (χ2v) is 6.29. The third kappa shape index (κ3) is 4.57. The fourth-order valence-corrected chi connectivity index (χ4v) is 3.14. The van der Waals surface area contributed by atoms with Crippen LogP contribution in [0.3, 0.4) is 0 Å². The van der Waals surface area contributed by atoms with Crippen LogP contribution in [0.4, 0.5) is 4.39 Å². The Balaban J connectivity index is 2.28. The third-order valence-electron chi connectivity index (χ3n) is 4.54. The van der Waals surface area contributed by atoms with E-state index in [1.54, 1.807) is 20.1 Å². The van der Waals surface area contributed by atoms with Crippen molar-refractivity contribution >= 4 is 0 Å². The van der Waals surface area contributed by atoms with Crippen molar-refractivity contribution in [2.24, 2.45) is 0 Å². The molecule has 0 fully saturated rings. The van der Waals surface area contributed by atoms with Gasteiger partial charge in [0.15, 0.2) is 0 Å². The molecule has 1 aromatic carbocycles. The molecule has 24 heavy (non-hydrogen) atoms. The van der Waals surface area contributed by atoms with Crippen molar-refractivity contribution in [3.8, 4) is 5.75 Å². The van der Waals surface area contributed by atoms with Crippen LogP contribution >= 0.6 is 0 Å². The highest BCUT2D eigenvalue weighted by molar-refractivity contribution is 5.45. The van der Waals surface area contributed by atoms with Crippen molar-refractivity contribution < 1.29 is 9.13 Å². The number of ether oxygens (including phenoxy) is 1. The van der Waals surface area contributed by atoms with Gasteiger partial charge in [0.1, 0.15) is 11.6 Å². The highest BCUT2D eigenvalue weighted by Crippen LogP contribution is 2.34. The fraction of sp³-hybridized carbons (Fsp3) is 0.429. The lowest BCUT2D eigenvalue weighted by molar-refractivity contribution is 0.395. The van der Waals surface area contributed by atoms with Crippen LogP contribution in [0.1, 0.15) is 50.3 Å². The molecule has 0 aromatic heterocycles. The molecule has 0 amide bonds. The zero-order valence-corrected chi connectivity index (χ0v) is 14.9. The first-order valence-electron chi connectivity index (χ1n) is 8.70. The molecule has 2 nitrogen and oxygen atoms in total. The SMILES string of the molecule is C=C(/C=C\C(F)=C/C)[C@@H]1N[C@@H](CCCC)Cc2cc(OC)ccc21. The summed E-state index contributed by atoms with van der Waals surface area (Å²) >= 11 is 0. The van der Waals surface area contributed by atoms with Gasteiger partial charge >= 0.3 is 0 Å². The van der Waals surface area contributed by atoms with Crippen molar-refractivity contribution in [1.29, 1.82) is 0 Å². The van der Waals surface area contributed by atoms with Gasteiger partial charge in [-0.1, -0.05) is 44.6 Å². The molecule has 1 aliphatic heterocycles. The first kappa shape index (κ1) is 18.5. The van der Waals surface area contributed by atoms with Crippen LogP contribution in [-0.4, -0.2) is 13.2 Å². The maximum Gasteiger partial charge on any atom is 0.119 e. The third-order valence-corrected chi connectivity index (χ3v) is 4.54. The predicted octanol–water partition coefficient (Wildman–Crippen LogP) is 5.43. The second-order valence-electron chi connectivity index (χ2n) is 6.29. The molecule has 1 aromatic rings. The van der Waals surface area contributed by atoms with Crippen LogP contribution < -0.4 is 10.1 Å². The van der Waals surface area contributed by atoms with E-state index in [4.69, 9.17) is 4.74 Å². The van der Waals surface area contributed by atoms with E-state index < -0.39 is 0 Å². The van der Waals surface area contributed by atoms with E-state index in [9.17, 15) is 4.39 Å². The standard InChI is InChI=1S/C21H28FNO/c1-5-7-8-18-13-16-14-19(24-4)11-12-20(16)21(23-18)15(3)9-10-17(22)6-2/h6,9-12,14,18,21,23H,3,5,7-8,13H2,1-2,4H3/b10-9-,17-6+/t18-,21-/m0/s1. The van der Waals surface area contributed by atoms with Crippen molar-refractivity contribution in [3.63, 3.8) is 0 Å². The predicted molar refractivity (Wildman–Crippen MR) is 99.0 cm³/mol. The molecular formula is C21H28FNO. The Morgan fingerprint density at radius 3 is 2.88 bits per heavy atom. The van der Waals surface area contributed by atoms with Gasteiger partial charge in [-0.05, 0) is 54.7 Å². The van der Waals surface area contributed by atoms with Crippen LogP contribution in [0, 0.1) is 0 Å². The van der Waals surface area contributed by atoms with Crippen molar-refractivity contribution in [2.45, 2.75) is 51.6 Å². The zero-order chi connectivity index (χ0) is 17.5. The Bertz CT molecular complexity index is 633. The summed E-state index contributed by atoms with van der Waals surface area (Å²) < 4.78 is 18.8. The average molecular weight is 329 g/mol. The number of fused-ring (bicyclic) bond motifs is 1. The minimum absolute atomic E-state index is 0.0161. The Morgan fingerprint density at radius 1 is 1.42 bits per heavy atom. The van der Waals surface area contributed by atoms with E-state index in [0.717, 1.165) is 24.2 Å². The Hall–Kier alpha value is -1.87. The number of halogens is 1. The molecule has 130 valence electrons. The molecular weight excluding hydrogens is 301 g/mol. The number of allylic oxidation sites excluding steroid dienone is 3. The molecule has 0 unspecified atom stereocenters. The molecule has 3 heteroatoms. The van der Waals surface area contributed by atoms with Gasteiger partial charge < -0.3 is 10.1 Å². The normalized spacial score (nSPS) is 20.9. The van der Waals surface area contributed by atoms with E-state index in [1.165, 1.54) is 36.1 Å². The van der Waals surface area contributed by atoms with E-state index in [2.05, 4.69) is 31.0 Å². The lowest BCUT2D eigenvalue weighted by atomic mass is 9.85. The van der Waals surface area contributed by atoms with Gasteiger partial charge in [0.25, 0.3) is 0 Å². The number of unbranched alkanes of at least 4 members (excludes halogenated alkanes) is 1. The van der Waals surface area contributed by atoms with Crippen molar-refractivity contribution in [1.82, 2.24) is 5.32 Å². The van der Waals surface area contributed by atoms with E-state index in [-0.39, 0.29) is 11.9 Å². The van der Waals surface area contributed by atoms with E-state index >= 15 is 0 Å². The number of benzene rings is 1. The van der Waals surface area contributed by atoms with Gasteiger partial charge in [0, 0.05) is 6.04 Å². The summed E-state index contributed by atoms with van der Waals surface area (Å²) in [5, 5.41) is 3.69. The fourth-order valence-electron chi connectivity index (χ4n) is 3.14. The highest BCUT2D eigenvalue weighted by Gasteiger charge is 2.27. The summed E-state index contributed by atoms with van der Waals surface area (Å²) in [4.78, 5) is 0. The monoisotopic (exact) mass is 329 g/mol. The molecule has 2 rings (SSSR count). The first-order chi connectivity index (χ1) is 11.6. The topological polar surface area (TPSA) is 21.3 Å². The number of hydrogen-bond donors (Lipinski definition) is 1. The summed E-state index contributed by atoms with van der Waals surface area (Å²) in [6.45, 7) is 8.06. The molecule has 1 N–H and O–H groups in total. The van der Waals surface area contributed by atoms with Crippen LogP contribution in [-0.2, 0) is 6.42 Å². The molecule has 1 aliphatic rings. The van der Waals surface area contributed by atoms with Crippen molar-refractivity contribution in [3.05, 3.63) is 65.5 Å². The Morgan fingerprint density at radius 2 is 2.21 bits per heavy atom. The van der Waals surface area contributed by atoms with Crippen LogP contribution in [0.15, 0.2) is 54.4 Å². The Labute approximate surface area is 145 Å². The molecule has 0 spiro atoms. The summed E-state index contributed by atoms with van der Waals surface area (Å²) in [5.41, 5.74) is 3.37. The number of methoxy groups -OCH3 is 1. The number of rotatable bonds is 7. The molecule has 2 atom stereocenters. The molecule has 0 saturated carbocycles. The van der Waals surface area contributed by atoms with Gasteiger partial charge in [0.2, 0.25) is 0 Å². The lowest BCUT2D eigenvalue weighted by Gasteiger charge is -2.34. The van der Waals surface area contributed by atoms with Crippen molar-refractivity contribution in [2.75, 3.05) is 7.11 Å². The average Bonchev–Trinajstić information content (AvgIpc) is 2.62. The largest absolute Gasteiger partial charge is 0.497 e. The summed E-state index contributed by atoms with van der Waals surface area (Å²) in [6, 6.07) is 6.61. The minimum atomic E-state index is -0.246.